The van der Waals surface area contributed by atoms with Crippen molar-refractivity contribution in [3.63, 3.8) is 0 Å². The van der Waals surface area contributed by atoms with E-state index >= 15 is 0 Å². The van der Waals surface area contributed by atoms with Crippen molar-refractivity contribution in [1.29, 1.82) is 0 Å². The van der Waals surface area contributed by atoms with Crippen LogP contribution in [0.4, 0.5) is 4.39 Å². The van der Waals surface area contributed by atoms with E-state index < -0.39 is 24.8 Å². The van der Waals surface area contributed by atoms with Crippen molar-refractivity contribution in [3.8, 4) is 56.1 Å². The second-order valence-electron chi connectivity index (χ2n) is 16.8. The van der Waals surface area contributed by atoms with Crippen LogP contribution in [0, 0.1) is 12.7 Å². The van der Waals surface area contributed by atoms with E-state index in [2.05, 4.69) is 31.8 Å². The van der Waals surface area contributed by atoms with Crippen LogP contribution in [-0.4, -0.2) is 117 Å². The number of piperazine rings is 1. The number of aromatic nitrogens is 4. The molecule has 0 aliphatic carbocycles. The van der Waals surface area contributed by atoms with Crippen LogP contribution >= 0.6 is 22.9 Å². The largest absolute Gasteiger partial charge is 0.490 e. The van der Waals surface area contributed by atoms with Gasteiger partial charge in [-0.1, -0.05) is 54.1 Å². The number of Topliss-reactive ketones (excluding diaryl/α,β-unsaturated/α-hetero) is 1. The number of carbonyl (C=O) groups excluding carboxylic acids is 1. The van der Waals surface area contributed by atoms with E-state index in [0.29, 0.717) is 79.2 Å². The van der Waals surface area contributed by atoms with E-state index in [1.54, 1.807) is 42.6 Å². The molecule has 4 bridgehead atoms. The lowest BCUT2D eigenvalue weighted by Gasteiger charge is -2.34. The molecule has 14 nitrogen and oxygen atoms in total. The number of aliphatic hydroxyl groups excluding tert-OH is 1. The van der Waals surface area contributed by atoms with Crippen molar-refractivity contribution in [3.05, 3.63) is 131 Å². The molecule has 4 aromatic carbocycles. The molecule has 0 spiro atoms. The highest BCUT2D eigenvalue weighted by atomic mass is 35.5. The van der Waals surface area contributed by atoms with E-state index in [9.17, 15) is 19.1 Å². The Bertz CT molecular complexity index is 2950. The van der Waals surface area contributed by atoms with Crippen molar-refractivity contribution in [2.75, 3.05) is 53.0 Å². The molecule has 2 atom stereocenters. The van der Waals surface area contributed by atoms with Gasteiger partial charge < -0.3 is 34.1 Å². The number of thiophene rings is 1. The first-order valence-electron chi connectivity index (χ1n) is 22.2. The molecule has 2 N–H and O–H groups in total. The molecular weight excluding hydrogens is 911 g/mol. The van der Waals surface area contributed by atoms with Gasteiger partial charge in [-0.2, -0.15) is 0 Å². The van der Waals surface area contributed by atoms with Gasteiger partial charge in [-0.25, -0.2) is 29.1 Å². The summed E-state index contributed by atoms with van der Waals surface area (Å²) in [6.07, 6.45) is 1.68. The summed E-state index contributed by atoms with van der Waals surface area (Å²) in [6, 6.07) is 24.5. The highest BCUT2D eigenvalue weighted by Gasteiger charge is 2.30. The maximum atomic E-state index is 14.3. The lowest BCUT2D eigenvalue weighted by atomic mass is 9.96. The number of aryl methyl sites for hydroxylation is 1. The number of carboxylic acids is 1. The second-order valence-corrected chi connectivity index (χ2v) is 18.2. The minimum absolute atomic E-state index is 0.0257. The number of likely N-dealkylation sites (N-methyl/N-ethyl adjacent to an activating group) is 1. The molecule has 10 rings (SSSR count). The zero-order valence-corrected chi connectivity index (χ0v) is 38.9. The van der Waals surface area contributed by atoms with Gasteiger partial charge in [-0.3, -0.25) is 9.69 Å². The highest BCUT2D eigenvalue weighted by molar-refractivity contribution is 7.22. The molecule has 3 aliphatic heterocycles. The molecule has 0 amide bonds. The number of aliphatic hydroxyl groups is 1. The van der Waals surface area contributed by atoms with Gasteiger partial charge in [-0.15, -0.1) is 11.3 Å². The predicted octanol–water partition coefficient (Wildman–Crippen LogP) is 8.12. The lowest BCUT2D eigenvalue weighted by Crippen LogP contribution is -2.49. The molecule has 0 radical (unpaired) electrons. The van der Waals surface area contributed by atoms with Gasteiger partial charge in [-0.05, 0) is 85.1 Å². The number of ether oxygens (including phenoxy) is 4. The number of fused-ring (bicyclic) bond motifs is 7. The monoisotopic (exact) mass is 958 g/mol. The molecule has 17 heteroatoms. The third kappa shape index (κ3) is 10.6. The number of ketones is 1. The summed E-state index contributed by atoms with van der Waals surface area (Å²) in [6.45, 7) is 5.69. The third-order valence-corrected chi connectivity index (χ3v) is 13.7. The average molecular weight is 959 g/mol. The average Bonchev–Trinajstić information content (AvgIpc) is 3.74. The van der Waals surface area contributed by atoms with E-state index in [1.807, 2.05) is 43.3 Å². The van der Waals surface area contributed by atoms with Gasteiger partial charge >= 0.3 is 5.97 Å². The summed E-state index contributed by atoms with van der Waals surface area (Å²) >= 11 is 8.58. The van der Waals surface area contributed by atoms with E-state index in [1.165, 1.54) is 29.8 Å². The Kier molecular flexibility index (Phi) is 14.2. The topological polar surface area (TPSA) is 170 Å². The lowest BCUT2D eigenvalue weighted by molar-refractivity contribution is -0.145. The Hall–Kier alpha value is -6.56. The number of halogens is 2. The molecule has 3 aromatic heterocycles. The molecule has 68 heavy (non-hydrogen) atoms. The standard InChI is InChI=1S/C51H48ClFN6O8S/c1-30-40-14-16-42(46(30)52)66-39(25-59-21-19-58(2)20-22-59)28-64-38-13-15-41(65-27-36-17-18-54-48(57-36)33-6-3-31(4-7-33)5-12-37(61)26-60)34(23-38)24-43(51(62)63)67-49-45-44(40)47(68-50(45)56-29-55-49)32-8-10-35(53)11-9-32/h3-4,6-11,13-18,23,29,39,43,60H,5,12,19-22,24-28H2,1-2H3,(H,62,63)/t39-,43-/m1/s1. The van der Waals surface area contributed by atoms with Crippen LogP contribution in [0.2, 0.25) is 5.02 Å². The summed E-state index contributed by atoms with van der Waals surface area (Å²) in [5.74, 6) is 0.00694. The third-order valence-electron chi connectivity index (χ3n) is 12.1. The molecule has 7 aromatic rings. The van der Waals surface area contributed by atoms with E-state index in [0.717, 1.165) is 47.7 Å². The Morgan fingerprint density at radius 2 is 1.72 bits per heavy atom. The van der Waals surface area contributed by atoms with Crippen LogP contribution in [0.5, 0.6) is 23.1 Å². The van der Waals surface area contributed by atoms with E-state index in [4.69, 9.17) is 40.6 Å². The van der Waals surface area contributed by atoms with Gasteiger partial charge in [0.1, 0.15) is 60.1 Å². The number of aliphatic carboxylic acids is 1. The fraction of sp³-hybridized carbons (Fsp3) is 0.294. The fourth-order valence-corrected chi connectivity index (χ4v) is 9.66. The van der Waals surface area contributed by atoms with Crippen LogP contribution in [0.1, 0.15) is 28.8 Å². The number of benzene rings is 4. The first-order valence-corrected chi connectivity index (χ1v) is 23.4. The zero-order chi connectivity index (χ0) is 47.3. The van der Waals surface area contributed by atoms with Crippen LogP contribution in [-0.2, 0) is 29.0 Å². The highest BCUT2D eigenvalue weighted by Crippen LogP contribution is 2.49. The summed E-state index contributed by atoms with van der Waals surface area (Å²) < 4.78 is 40.4. The molecule has 0 unspecified atom stereocenters. The normalized spacial score (nSPS) is 16.7. The van der Waals surface area contributed by atoms with Crippen LogP contribution < -0.4 is 18.9 Å². The Labute approximate surface area is 400 Å². The molecule has 1 saturated heterocycles. The summed E-state index contributed by atoms with van der Waals surface area (Å²) in [5.41, 5.74) is 5.58. The van der Waals surface area contributed by atoms with Crippen molar-refractivity contribution >= 4 is 44.9 Å². The van der Waals surface area contributed by atoms with Crippen molar-refractivity contribution in [2.24, 2.45) is 0 Å². The fourth-order valence-electron chi connectivity index (χ4n) is 8.30. The second kappa shape index (κ2) is 20.8. The van der Waals surface area contributed by atoms with Crippen molar-refractivity contribution in [1.82, 2.24) is 29.7 Å². The molecule has 3 aliphatic rings. The number of carboxylic acid groups (broad SMARTS) is 1. The van der Waals surface area contributed by atoms with Crippen LogP contribution in [0.3, 0.4) is 0 Å². The summed E-state index contributed by atoms with van der Waals surface area (Å²) in [5, 5.41) is 20.8. The smallest absolute Gasteiger partial charge is 0.345 e. The maximum Gasteiger partial charge on any atom is 0.345 e. The minimum Gasteiger partial charge on any atom is -0.490 e. The van der Waals surface area contributed by atoms with Gasteiger partial charge in [0.05, 0.1) is 16.1 Å². The Morgan fingerprint density at radius 3 is 2.49 bits per heavy atom. The van der Waals surface area contributed by atoms with E-state index in [-0.39, 0.29) is 43.5 Å². The van der Waals surface area contributed by atoms with Crippen molar-refractivity contribution in [2.45, 2.75) is 45.0 Å². The molecule has 1 fully saturated rings. The maximum absolute atomic E-state index is 14.3. The first kappa shape index (κ1) is 46.5. The van der Waals surface area contributed by atoms with Crippen LogP contribution in [0.15, 0.2) is 97.5 Å². The predicted molar refractivity (Wildman–Crippen MR) is 256 cm³/mol. The van der Waals surface area contributed by atoms with Gasteiger partial charge in [0.25, 0.3) is 0 Å². The van der Waals surface area contributed by atoms with Gasteiger partial charge in [0.2, 0.25) is 12.0 Å². The number of rotatable bonds is 12. The zero-order valence-electron chi connectivity index (χ0n) is 37.4. The summed E-state index contributed by atoms with van der Waals surface area (Å²) in [4.78, 5) is 49.2. The van der Waals surface area contributed by atoms with Gasteiger partial charge in [0.15, 0.2) is 11.6 Å². The molecular formula is C51H48ClFN6O8S. The molecule has 350 valence electrons. The van der Waals surface area contributed by atoms with Crippen LogP contribution in [0.25, 0.3) is 43.2 Å². The SMILES string of the molecule is Cc1c2ccc(c1Cl)O[C@H](CN1CCN(C)CC1)COc1ccc(OCc3ccnc(-c4ccc(CCC(=O)CO)cc4)n3)c(c1)C[C@H](C(=O)O)Oc1ncnc3sc(-c4ccc(F)cc4)c-2c13. The molecule has 0 saturated carbocycles. The Morgan fingerprint density at radius 1 is 0.941 bits per heavy atom. The van der Waals surface area contributed by atoms with Gasteiger partial charge in [0, 0.05) is 73.3 Å². The quantitative estimate of drug-likeness (QED) is 0.120. The van der Waals surface area contributed by atoms with Crippen molar-refractivity contribution < 1.29 is 43.1 Å². The summed E-state index contributed by atoms with van der Waals surface area (Å²) in [7, 11) is 2.11. The Balaban J connectivity index is 1.08. The first-order chi connectivity index (χ1) is 33.0. The number of nitrogens with zero attached hydrogens (tertiary/aromatic N) is 6. The molecule has 6 heterocycles. The number of carbonyl (C=O) groups is 2. The number of hydrogen-bond donors (Lipinski definition) is 2. The number of hydrogen-bond acceptors (Lipinski definition) is 14. The minimum atomic E-state index is -1.46.